The minimum atomic E-state index is -0.1000. The van der Waals surface area contributed by atoms with Gasteiger partial charge in [0.1, 0.15) is 0 Å². The number of nitrogens with two attached hydrogens (primary N) is 1. The molecule has 1 heterocycles. The van der Waals surface area contributed by atoms with Crippen molar-refractivity contribution in [1.82, 2.24) is 15.1 Å². The number of amides is 1. The molecule has 2 rings (SSSR count). The second kappa shape index (κ2) is 7.04. The Morgan fingerprint density at radius 3 is 2.71 bits per heavy atom. The summed E-state index contributed by atoms with van der Waals surface area (Å²) in [4.78, 5) is 11.8. The minimum Gasteiger partial charge on any atom is -0.352 e. The second-order valence-electron chi connectivity index (χ2n) is 5.52. The third-order valence-corrected chi connectivity index (χ3v) is 3.42. The summed E-state index contributed by atoms with van der Waals surface area (Å²) in [6.45, 7) is 4.50. The van der Waals surface area contributed by atoms with E-state index in [1.54, 1.807) is 10.9 Å². The summed E-state index contributed by atoms with van der Waals surface area (Å²) in [5, 5.41) is 7.17. The third kappa shape index (κ3) is 4.43. The minimum absolute atomic E-state index is 0.0244. The number of hydrogen-bond donors (Lipinski definition) is 2. The highest BCUT2D eigenvalue weighted by atomic mass is 16.1. The highest BCUT2D eigenvalue weighted by molar-refractivity contribution is 5.76. The summed E-state index contributed by atoms with van der Waals surface area (Å²) in [5.41, 5.74) is 7.85. The summed E-state index contributed by atoms with van der Waals surface area (Å²) in [6, 6.07) is 9.76. The Kier molecular flexibility index (Phi) is 5.11. The van der Waals surface area contributed by atoms with Gasteiger partial charge in [0, 0.05) is 30.8 Å². The van der Waals surface area contributed by atoms with E-state index in [0.29, 0.717) is 18.9 Å². The van der Waals surface area contributed by atoms with E-state index in [-0.39, 0.29) is 11.9 Å². The van der Waals surface area contributed by atoms with E-state index in [9.17, 15) is 4.79 Å². The van der Waals surface area contributed by atoms with Crippen molar-refractivity contribution >= 4 is 5.91 Å². The lowest BCUT2D eigenvalue weighted by molar-refractivity contribution is -0.121. The summed E-state index contributed by atoms with van der Waals surface area (Å²) >= 11 is 0. The van der Waals surface area contributed by atoms with Crippen molar-refractivity contribution in [3.63, 3.8) is 0 Å². The molecule has 1 amide bonds. The van der Waals surface area contributed by atoms with Crippen molar-refractivity contribution in [1.29, 1.82) is 0 Å². The molecule has 0 bridgehead atoms. The molecule has 3 N–H and O–H groups in total. The number of carbonyl (C=O) groups is 1. The van der Waals surface area contributed by atoms with Crippen LogP contribution < -0.4 is 11.1 Å². The van der Waals surface area contributed by atoms with Crippen LogP contribution in [0, 0.1) is 5.92 Å². The van der Waals surface area contributed by atoms with Gasteiger partial charge in [0.2, 0.25) is 5.91 Å². The van der Waals surface area contributed by atoms with Gasteiger partial charge in [0.05, 0.1) is 11.9 Å². The fraction of sp³-hybridized carbons (Fsp3) is 0.375. The van der Waals surface area contributed by atoms with E-state index in [2.05, 4.69) is 10.4 Å². The van der Waals surface area contributed by atoms with Gasteiger partial charge in [0.25, 0.3) is 0 Å². The maximum absolute atomic E-state index is 11.8. The zero-order valence-electron chi connectivity index (χ0n) is 12.5. The lowest BCUT2D eigenvalue weighted by Gasteiger charge is -2.14. The Morgan fingerprint density at radius 1 is 1.33 bits per heavy atom. The van der Waals surface area contributed by atoms with Gasteiger partial charge in [-0.2, -0.15) is 5.10 Å². The summed E-state index contributed by atoms with van der Waals surface area (Å²) in [7, 11) is 0. The monoisotopic (exact) mass is 286 g/mol. The van der Waals surface area contributed by atoms with Gasteiger partial charge in [0.15, 0.2) is 0 Å². The number of carbonyl (C=O) groups excluding carboxylic acids is 1. The van der Waals surface area contributed by atoms with E-state index in [0.717, 1.165) is 11.3 Å². The molecule has 5 nitrogen and oxygen atoms in total. The molecule has 21 heavy (non-hydrogen) atoms. The summed E-state index contributed by atoms with van der Waals surface area (Å²) in [5.74, 6) is 0.278. The molecule has 112 valence electrons. The van der Waals surface area contributed by atoms with Gasteiger partial charge < -0.3 is 11.1 Å². The van der Waals surface area contributed by atoms with Crippen molar-refractivity contribution < 1.29 is 4.79 Å². The zero-order chi connectivity index (χ0) is 15.2. The maximum Gasteiger partial charge on any atom is 0.221 e. The first-order valence-corrected chi connectivity index (χ1v) is 7.17. The van der Waals surface area contributed by atoms with Gasteiger partial charge in [-0.15, -0.1) is 0 Å². The van der Waals surface area contributed by atoms with Crippen LogP contribution in [0.2, 0.25) is 0 Å². The van der Waals surface area contributed by atoms with E-state index in [4.69, 9.17) is 5.73 Å². The Bertz CT molecular complexity index is 577. The van der Waals surface area contributed by atoms with Crippen LogP contribution in [-0.4, -0.2) is 21.7 Å². The molecule has 5 heteroatoms. The molecule has 0 spiro atoms. The van der Waals surface area contributed by atoms with Crippen LogP contribution in [-0.2, 0) is 11.3 Å². The predicted molar refractivity (Wildman–Crippen MR) is 82.8 cm³/mol. The molecule has 2 aromatic rings. The smallest absolute Gasteiger partial charge is 0.221 e. The Labute approximate surface area is 125 Å². The van der Waals surface area contributed by atoms with Crippen molar-refractivity contribution in [3.8, 4) is 5.69 Å². The standard InChI is InChI=1S/C16H22N4O/c1-12(2)15(17)8-16(21)18-9-13-10-19-20(11-13)14-6-4-3-5-7-14/h3-7,10-12,15H,8-9,17H2,1-2H3,(H,18,21). The Morgan fingerprint density at radius 2 is 2.05 bits per heavy atom. The summed E-state index contributed by atoms with van der Waals surface area (Å²) in [6.07, 6.45) is 4.03. The zero-order valence-corrected chi connectivity index (χ0v) is 12.5. The van der Waals surface area contributed by atoms with Crippen molar-refractivity contribution in [2.24, 2.45) is 11.7 Å². The number of rotatable bonds is 6. The molecular formula is C16H22N4O. The summed E-state index contributed by atoms with van der Waals surface area (Å²) < 4.78 is 1.79. The first kappa shape index (κ1) is 15.3. The molecular weight excluding hydrogens is 264 g/mol. The molecule has 1 unspecified atom stereocenters. The van der Waals surface area contributed by atoms with Gasteiger partial charge in [-0.05, 0) is 18.1 Å². The molecule has 0 aliphatic rings. The topological polar surface area (TPSA) is 72.9 Å². The number of para-hydroxylation sites is 1. The van der Waals surface area contributed by atoms with Crippen molar-refractivity contribution in [3.05, 3.63) is 48.3 Å². The largest absolute Gasteiger partial charge is 0.352 e. The van der Waals surface area contributed by atoms with Crippen LogP contribution >= 0.6 is 0 Å². The molecule has 0 aliphatic carbocycles. The highest BCUT2D eigenvalue weighted by Crippen LogP contribution is 2.08. The van der Waals surface area contributed by atoms with Crippen LogP contribution in [0.5, 0.6) is 0 Å². The normalized spacial score (nSPS) is 12.4. The number of benzene rings is 1. The van der Waals surface area contributed by atoms with Crippen LogP contribution in [0.25, 0.3) is 5.69 Å². The lowest BCUT2D eigenvalue weighted by atomic mass is 10.0. The average Bonchev–Trinajstić information content (AvgIpc) is 2.95. The fourth-order valence-corrected chi connectivity index (χ4v) is 1.90. The molecule has 0 saturated heterocycles. The van der Waals surface area contributed by atoms with E-state index in [1.807, 2.05) is 50.4 Å². The van der Waals surface area contributed by atoms with Crippen LogP contribution in [0.15, 0.2) is 42.7 Å². The van der Waals surface area contributed by atoms with Gasteiger partial charge in [-0.25, -0.2) is 4.68 Å². The average molecular weight is 286 g/mol. The third-order valence-electron chi connectivity index (χ3n) is 3.42. The van der Waals surface area contributed by atoms with Crippen LogP contribution in [0.3, 0.4) is 0 Å². The lowest BCUT2D eigenvalue weighted by Crippen LogP contribution is -2.34. The van der Waals surface area contributed by atoms with E-state index in [1.165, 1.54) is 0 Å². The van der Waals surface area contributed by atoms with Gasteiger partial charge in [-0.1, -0.05) is 32.0 Å². The quantitative estimate of drug-likeness (QED) is 0.851. The number of nitrogens with one attached hydrogen (secondary N) is 1. The molecule has 0 saturated carbocycles. The predicted octanol–water partition coefficient (Wildman–Crippen LogP) is 1.86. The first-order valence-electron chi connectivity index (χ1n) is 7.17. The molecule has 0 fully saturated rings. The number of nitrogens with zero attached hydrogens (tertiary/aromatic N) is 2. The second-order valence-corrected chi connectivity index (χ2v) is 5.52. The molecule has 0 aliphatic heterocycles. The molecule has 0 radical (unpaired) electrons. The van der Waals surface area contributed by atoms with Gasteiger partial charge in [-0.3, -0.25) is 4.79 Å². The van der Waals surface area contributed by atoms with E-state index >= 15 is 0 Å². The Hall–Kier alpha value is -2.14. The SMILES string of the molecule is CC(C)C(N)CC(=O)NCc1cnn(-c2ccccc2)c1. The number of aromatic nitrogens is 2. The fourth-order valence-electron chi connectivity index (χ4n) is 1.90. The highest BCUT2D eigenvalue weighted by Gasteiger charge is 2.12. The van der Waals surface area contributed by atoms with Crippen molar-refractivity contribution in [2.45, 2.75) is 32.9 Å². The van der Waals surface area contributed by atoms with Crippen molar-refractivity contribution in [2.75, 3.05) is 0 Å². The van der Waals surface area contributed by atoms with Crippen LogP contribution in [0.4, 0.5) is 0 Å². The maximum atomic E-state index is 11.8. The molecule has 1 aromatic heterocycles. The first-order chi connectivity index (χ1) is 10.1. The van der Waals surface area contributed by atoms with Gasteiger partial charge >= 0.3 is 0 Å². The van der Waals surface area contributed by atoms with E-state index < -0.39 is 0 Å². The van der Waals surface area contributed by atoms with Crippen LogP contribution in [0.1, 0.15) is 25.8 Å². The number of hydrogen-bond acceptors (Lipinski definition) is 3. The molecule has 1 aromatic carbocycles. The molecule has 1 atom stereocenters. The Balaban J connectivity index is 1.87.